The van der Waals surface area contributed by atoms with E-state index in [0.29, 0.717) is 35.2 Å². The van der Waals surface area contributed by atoms with Crippen LogP contribution >= 0.6 is 12.2 Å². The molecule has 29 heavy (non-hydrogen) atoms. The highest BCUT2D eigenvalue weighted by Crippen LogP contribution is 2.15. The van der Waals surface area contributed by atoms with E-state index in [-0.39, 0.29) is 11.0 Å². The second-order valence-electron chi connectivity index (χ2n) is 6.75. The highest BCUT2D eigenvalue weighted by atomic mass is 32.2. The molecule has 0 saturated heterocycles. The zero-order chi connectivity index (χ0) is 21.2. The number of carbonyl (C=O) groups excluding carboxylic acids is 1. The Labute approximate surface area is 180 Å². The molecule has 2 rings (SSSR count). The van der Waals surface area contributed by atoms with Gasteiger partial charge in [0.2, 0.25) is 0 Å². The molecule has 0 fully saturated rings. The molecular formula is C21H27N3O3S2. The summed E-state index contributed by atoms with van der Waals surface area (Å²) >= 11 is 3.97. The van der Waals surface area contributed by atoms with Crippen molar-refractivity contribution in [2.75, 3.05) is 18.5 Å². The van der Waals surface area contributed by atoms with Crippen molar-refractivity contribution in [3.63, 3.8) is 0 Å². The van der Waals surface area contributed by atoms with Crippen LogP contribution in [0.1, 0.15) is 37.6 Å². The molecule has 1 atom stereocenters. The van der Waals surface area contributed by atoms with E-state index in [0.717, 1.165) is 12.2 Å². The van der Waals surface area contributed by atoms with Gasteiger partial charge in [-0.05, 0) is 80.0 Å². The smallest absolute Gasteiger partial charge is 0.257 e. The summed E-state index contributed by atoms with van der Waals surface area (Å²) in [7, 11) is 0. The molecule has 0 aliphatic heterocycles. The van der Waals surface area contributed by atoms with Gasteiger partial charge in [-0.1, -0.05) is 13.8 Å². The number of amides is 1. The first-order valence-electron chi connectivity index (χ1n) is 9.49. The zero-order valence-corrected chi connectivity index (χ0v) is 18.5. The fraction of sp³-hybridized carbons (Fsp3) is 0.333. The monoisotopic (exact) mass is 433 g/mol. The van der Waals surface area contributed by atoms with E-state index in [9.17, 15) is 9.35 Å². The van der Waals surface area contributed by atoms with Crippen LogP contribution in [0.25, 0.3) is 0 Å². The van der Waals surface area contributed by atoms with Crippen LogP contribution in [0.2, 0.25) is 0 Å². The normalized spacial score (nSPS) is 11.8. The molecule has 1 amide bonds. The second kappa shape index (κ2) is 11.8. The van der Waals surface area contributed by atoms with Gasteiger partial charge in [-0.3, -0.25) is 10.1 Å². The van der Waals surface area contributed by atoms with Crippen LogP contribution in [-0.4, -0.2) is 28.7 Å². The third-order valence-corrected chi connectivity index (χ3v) is 5.36. The lowest BCUT2D eigenvalue weighted by atomic mass is 10.1. The van der Waals surface area contributed by atoms with Crippen LogP contribution in [0.15, 0.2) is 53.4 Å². The van der Waals surface area contributed by atoms with Crippen LogP contribution in [0, 0.1) is 5.92 Å². The Hall–Kier alpha value is -2.13. The Kier molecular flexibility index (Phi) is 9.40. The van der Waals surface area contributed by atoms with Gasteiger partial charge in [-0.25, -0.2) is 0 Å². The molecule has 0 aromatic heterocycles. The summed E-state index contributed by atoms with van der Waals surface area (Å²) in [6.07, 6.45) is 0.980. The summed E-state index contributed by atoms with van der Waals surface area (Å²) in [5, 5.41) is 5.78. The zero-order valence-electron chi connectivity index (χ0n) is 16.9. The number of hydrogen-bond acceptors (Lipinski definition) is 5. The summed E-state index contributed by atoms with van der Waals surface area (Å²) in [6.45, 7) is 7.45. The molecule has 0 heterocycles. The fourth-order valence-electron chi connectivity index (χ4n) is 2.33. The molecule has 156 valence electrons. The lowest BCUT2D eigenvalue weighted by Gasteiger charge is -2.12. The molecule has 6 nitrogen and oxygen atoms in total. The molecule has 0 radical (unpaired) electrons. The van der Waals surface area contributed by atoms with Crippen molar-refractivity contribution in [1.82, 2.24) is 10.0 Å². The third kappa shape index (κ3) is 8.02. The predicted molar refractivity (Wildman–Crippen MR) is 122 cm³/mol. The molecule has 0 aliphatic rings. The molecule has 0 saturated carbocycles. The van der Waals surface area contributed by atoms with Crippen molar-refractivity contribution in [1.29, 1.82) is 0 Å². The highest BCUT2D eigenvalue weighted by molar-refractivity contribution is 7.89. The van der Waals surface area contributed by atoms with Gasteiger partial charge in [0.25, 0.3) is 5.91 Å². The molecule has 2 aromatic rings. The van der Waals surface area contributed by atoms with Gasteiger partial charge in [0.05, 0.1) is 18.0 Å². The maximum absolute atomic E-state index is 12.3. The molecule has 2 aromatic carbocycles. The molecule has 1 unspecified atom stereocenters. The Morgan fingerprint density at radius 2 is 1.79 bits per heavy atom. The number of benzene rings is 2. The maximum atomic E-state index is 12.3. The van der Waals surface area contributed by atoms with E-state index in [2.05, 4.69) is 29.2 Å². The number of carbonyl (C=O) groups is 1. The Morgan fingerprint density at radius 3 is 2.38 bits per heavy atom. The molecule has 0 spiro atoms. The lowest BCUT2D eigenvalue weighted by molar-refractivity contribution is 0.0977. The summed E-state index contributed by atoms with van der Waals surface area (Å²) < 4.78 is 20.4. The molecule has 0 bridgehead atoms. The van der Waals surface area contributed by atoms with Crippen molar-refractivity contribution in [3.05, 3.63) is 54.1 Å². The van der Waals surface area contributed by atoms with Crippen molar-refractivity contribution in [2.24, 2.45) is 5.92 Å². The lowest BCUT2D eigenvalue weighted by Crippen LogP contribution is -2.34. The topological polar surface area (TPSA) is 85.5 Å². The predicted octanol–water partition coefficient (Wildman–Crippen LogP) is 3.87. The minimum atomic E-state index is -1.24. The van der Waals surface area contributed by atoms with E-state index in [4.69, 9.17) is 17.0 Å². The molecule has 0 aliphatic carbocycles. The van der Waals surface area contributed by atoms with E-state index in [1.165, 1.54) is 0 Å². The molecule has 3 N–H and O–H groups in total. The summed E-state index contributed by atoms with van der Waals surface area (Å²) in [5.41, 5.74) is 1.18. The van der Waals surface area contributed by atoms with Crippen LogP contribution in [0.4, 0.5) is 5.69 Å². The summed E-state index contributed by atoms with van der Waals surface area (Å²) in [4.78, 5) is 13.0. The fourth-order valence-corrected chi connectivity index (χ4v) is 3.35. The van der Waals surface area contributed by atoms with Gasteiger partial charge >= 0.3 is 0 Å². The van der Waals surface area contributed by atoms with Crippen molar-refractivity contribution >= 4 is 40.3 Å². The first kappa shape index (κ1) is 23.2. The Bertz CT molecular complexity index is 796. The minimum Gasteiger partial charge on any atom is -0.593 e. The average molecular weight is 434 g/mol. The maximum Gasteiger partial charge on any atom is 0.257 e. The van der Waals surface area contributed by atoms with E-state index < -0.39 is 11.4 Å². The number of ether oxygens (including phenoxy) is 1. The number of anilines is 1. The van der Waals surface area contributed by atoms with Crippen molar-refractivity contribution in [3.8, 4) is 5.75 Å². The van der Waals surface area contributed by atoms with Crippen molar-refractivity contribution < 1.29 is 14.1 Å². The number of hydrogen-bond donors (Lipinski definition) is 3. The third-order valence-electron chi connectivity index (χ3n) is 3.91. The number of thiocarbonyl (C=S) groups is 1. The van der Waals surface area contributed by atoms with E-state index in [1.807, 2.05) is 6.92 Å². The number of rotatable bonds is 9. The van der Waals surface area contributed by atoms with Gasteiger partial charge in [0, 0.05) is 17.8 Å². The first-order valence-corrected chi connectivity index (χ1v) is 11.1. The summed E-state index contributed by atoms with van der Waals surface area (Å²) in [6, 6.07) is 13.9. The quantitative estimate of drug-likeness (QED) is 0.411. The van der Waals surface area contributed by atoms with Crippen LogP contribution in [0.3, 0.4) is 0 Å². The van der Waals surface area contributed by atoms with Crippen LogP contribution < -0.4 is 20.1 Å². The van der Waals surface area contributed by atoms with Gasteiger partial charge < -0.3 is 14.6 Å². The van der Waals surface area contributed by atoms with E-state index in [1.54, 1.807) is 48.5 Å². The average Bonchev–Trinajstić information content (AvgIpc) is 2.69. The largest absolute Gasteiger partial charge is 0.593 e. The van der Waals surface area contributed by atoms with E-state index >= 15 is 0 Å². The van der Waals surface area contributed by atoms with Crippen LogP contribution in [0.5, 0.6) is 5.75 Å². The van der Waals surface area contributed by atoms with Gasteiger partial charge in [-0.2, -0.15) is 0 Å². The SMILES string of the molecule is CCN[S+]([O-])c1ccc(NC(=S)NC(=O)c2ccc(OCCC(C)C)cc2)cc1. The Balaban J connectivity index is 1.84. The summed E-state index contributed by atoms with van der Waals surface area (Å²) in [5.74, 6) is 1.01. The van der Waals surface area contributed by atoms with Gasteiger partial charge in [-0.15, -0.1) is 4.72 Å². The second-order valence-corrected chi connectivity index (χ2v) is 8.46. The Morgan fingerprint density at radius 1 is 1.14 bits per heavy atom. The molecular weight excluding hydrogens is 406 g/mol. The van der Waals surface area contributed by atoms with Crippen molar-refractivity contribution in [2.45, 2.75) is 32.1 Å². The van der Waals surface area contributed by atoms with Crippen LogP contribution in [-0.2, 0) is 11.4 Å². The standard InChI is InChI=1S/C21H27N3O3S2/c1-4-22-29(26)19-11-7-17(8-12-19)23-21(28)24-20(25)16-5-9-18(10-6-16)27-14-13-15(2)3/h5-12,15,22H,4,13-14H2,1-3H3,(H2,23,24,25,28). The minimum absolute atomic E-state index is 0.188. The molecule has 8 heteroatoms. The first-order chi connectivity index (χ1) is 13.9. The highest BCUT2D eigenvalue weighted by Gasteiger charge is 2.11. The van der Waals surface area contributed by atoms with Gasteiger partial charge in [0.1, 0.15) is 5.75 Å². The number of nitrogens with one attached hydrogen (secondary N) is 3. The van der Waals surface area contributed by atoms with Gasteiger partial charge in [0.15, 0.2) is 10.0 Å².